The second kappa shape index (κ2) is 15.5. The normalized spacial score (nSPS) is 12.5. The van der Waals surface area contributed by atoms with Crippen molar-refractivity contribution in [3.63, 3.8) is 0 Å². The van der Waals surface area contributed by atoms with Crippen LogP contribution in [0, 0.1) is 0 Å². The lowest BCUT2D eigenvalue weighted by atomic mass is 9.98. The zero-order valence-electron chi connectivity index (χ0n) is 23.6. The Hall–Kier alpha value is -3.14. The van der Waals surface area contributed by atoms with Crippen LogP contribution in [0.5, 0.6) is 0 Å². The third-order valence-electron chi connectivity index (χ3n) is 6.10. The van der Waals surface area contributed by atoms with E-state index >= 15 is 0 Å². The SMILES string of the molecule is CN(CCOCCOCCOCCCNC(=O)OCC1c2ccccc2-c2ccccc21)C(=O)OC(C)(C)C. The predicted octanol–water partition coefficient (Wildman–Crippen LogP) is 4.83. The molecule has 9 heteroatoms. The summed E-state index contributed by atoms with van der Waals surface area (Å²) in [4.78, 5) is 25.5. The van der Waals surface area contributed by atoms with Crippen LogP contribution < -0.4 is 5.32 Å². The minimum absolute atomic E-state index is 0.0513. The fraction of sp³-hybridized carbons (Fsp3) is 0.533. The van der Waals surface area contributed by atoms with Crippen molar-refractivity contribution in [3.8, 4) is 11.1 Å². The van der Waals surface area contributed by atoms with Gasteiger partial charge in [0.25, 0.3) is 0 Å². The van der Waals surface area contributed by atoms with Gasteiger partial charge >= 0.3 is 12.2 Å². The first-order valence-electron chi connectivity index (χ1n) is 13.5. The number of carbonyl (C=O) groups is 2. The molecule has 3 rings (SSSR count). The Morgan fingerprint density at radius 1 is 0.821 bits per heavy atom. The number of hydrogen-bond acceptors (Lipinski definition) is 7. The molecule has 2 aromatic carbocycles. The van der Waals surface area contributed by atoms with Crippen LogP contribution in [0.2, 0.25) is 0 Å². The first-order valence-corrected chi connectivity index (χ1v) is 13.5. The van der Waals surface area contributed by atoms with Crippen molar-refractivity contribution in [2.75, 3.05) is 66.4 Å². The molecule has 214 valence electrons. The molecule has 0 aromatic heterocycles. The van der Waals surface area contributed by atoms with E-state index in [4.69, 9.17) is 23.7 Å². The van der Waals surface area contributed by atoms with Crippen molar-refractivity contribution in [2.24, 2.45) is 0 Å². The van der Waals surface area contributed by atoms with E-state index < -0.39 is 11.7 Å². The number of nitrogens with one attached hydrogen (secondary N) is 1. The summed E-state index contributed by atoms with van der Waals surface area (Å²) in [5.74, 6) is 0.0513. The Morgan fingerprint density at radius 3 is 1.95 bits per heavy atom. The number of likely N-dealkylation sites (N-methyl/N-ethyl adjacent to an activating group) is 1. The number of nitrogens with zero attached hydrogens (tertiary/aromatic N) is 1. The van der Waals surface area contributed by atoms with Gasteiger partial charge in [0.15, 0.2) is 0 Å². The highest BCUT2D eigenvalue weighted by atomic mass is 16.6. The Balaban J connectivity index is 1.15. The molecule has 0 fully saturated rings. The highest BCUT2D eigenvalue weighted by Crippen LogP contribution is 2.44. The topological polar surface area (TPSA) is 95.6 Å². The fourth-order valence-corrected chi connectivity index (χ4v) is 4.19. The summed E-state index contributed by atoms with van der Waals surface area (Å²) in [6.07, 6.45) is -0.108. The van der Waals surface area contributed by atoms with Gasteiger partial charge in [-0.3, -0.25) is 0 Å². The standard InChI is InChI=1S/C30H42N2O7/c1-30(2,3)39-29(34)32(4)15-17-36-19-21-37-20-18-35-16-9-14-31-28(33)38-22-27-25-12-7-5-10-23(25)24-11-6-8-13-26(24)27/h5-8,10-13,27H,9,14-22H2,1-4H3,(H,31,33). The zero-order valence-corrected chi connectivity index (χ0v) is 23.6. The maximum absolute atomic E-state index is 12.2. The average Bonchev–Trinajstić information content (AvgIpc) is 3.22. The zero-order chi connectivity index (χ0) is 28.1. The predicted molar refractivity (Wildman–Crippen MR) is 149 cm³/mol. The largest absolute Gasteiger partial charge is 0.449 e. The lowest BCUT2D eigenvalue weighted by molar-refractivity contribution is 0.00458. The Morgan fingerprint density at radius 2 is 1.36 bits per heavy atom. The van der Waals surface area contributed by atoms with Gasteiger partial charge in [-0.05, 0) is 49.4 Å². The van der Waals surface area contributed by atoms with Crippen LogP contribution in [0.15, 0.2) is 48.5 Å². The van der Waals surface area contributed by atoms with Crippen molar-refractivity contribution in [2.45, 2.75) is 38.7 Å². The van der Waals surface area contributed by atoms with E-state index in [0.717, 1.165) is 0 Å². The molecule has 1 N–H and O–H groups in total. The minimum atomic E-state index is -0.513. The van der Waals surface area contributed by atoms with E-state index in [0.29, 0.717) is 65.8 Å². The van der Waals surface area contributed by atoms with Crippen LogP contribution in [0.25, 0.3) is 11.1 Å². The van der Waals surface area contributed by atoms with E-state index in [2.05, 4.69) is 29.6 Å². The van der Waals surface area contributed by atoms with Gasteiger partial charge in [-0.1, -0.05) is 48.5 Å². The quantitative estimate of drug-likeness (QED) is 0.322. The van der Waals surface area contributed by atoms with E-state index in [1.165, 1.54) is 27.2 Å². The highest BCUT2D eigenvalue weighted by Gasteiger charge is 2.29. The highest BCUT2D eigenvalue weighted by molar-refractivity contribution is 5.79. The number of amides is 2. The lowest BCUT2D eigenvalue weighted by Crippen LogP contribution is -2.36. The van der Waals surface area contributed by atoms with Gasteiger partial charge in [0, 0.05) is 32.7 Å². The van der Waals surface area contributed by atoms with Gasteiger partial charge in [0.05, 0.1) is 33.0 Å². The summed E-state index contributed by atoms with van der Waals surface area (Å²) >= 11 is 0. The third kappa shape index (κ3) is 10.2. The van der Waals surface area contributed by atoms with Crippen molar-refractivity contribution in [3.05, 3.63) is 59.7 Å². The van der Waals surface area contributed by atoms with Crippen molar-refractivity contribution >= 4 is 12.2 Å². The van der Waals surface area contributed by atoms with Crippen LogP contribution in [0.4, 0.5) is 9.59 Å². The van der Waals surface area contributed by atoms with Gasteiger partial charge in [-0.2, -0.15) is 0 Å². The maximum atomic E-state index is 12.2. The summed E-state index contributed by atoms with van der Waals surface area (Å²) < 4.78 is 27.3. The monoisotopic (exact) mass is 542 g/mol. The second-order valence-electron chi connectivity index (χ2n) is 10.3. The molecule has 0 spiro atoms. The number of alkyl carbamates (subject to hydrolysis) is 1. The first kappa shape index (κ1) is 30.4. The smallest absolute Gasteiger partial charge is 0.410 e. The van der Waals surface area contributed by atoms with E-state index in [-0.39, 0.29) is 12.0 Å². The summed E-state index contributed by atoms with van der Waals surface area (Å²) in [6, 6.07) is 16.5. The van der Waals surface area contributed by atoms with Crippen molar-refractivity contribution < 1.29 is 33.3 Å². The van der Waals surface area contributed by atoms with Gasteiger partial charge in [-0.15, -0.1) is 0 Å². The van der Waals surface area contributed by atoms with Gasteiger partial charge in [-0.25, -0.2) is 9.59 Å². The molecule has 0 saturated carbocycles. The van der Waals surface area contributed by atoms with Crippen LogP contribution in [-0.2, 0) is 23.7 Å². The van der Waals surface area contributed by atoms with Crippen molar-refractivity contribution in [1.29, 1.82) is 0 Å². The molecule has 0 radical (unpaired) electrons. The first-order chi connectivity index (χ1) is 18.8. The van der Waals surface area contributed by atoms with Crippen LogP contribution in [0.3, 0.4) is 0 Å². The van der Waals surface area contributed by atoms with Gasteiger partial charge < -0.3 is 33.9 Å². The number of rotatable bonds is 15. The van der Waals surface area contributed by atoms with E-state index in [1.807, 2.05) is 45.0 Å². The third-order valence-corrected chi connectivity index (χ3v) is 6.10. The second-order valence-corrected chi connectivity index (χ2v) is 10.3. The number of ether oxygens (including phenoxy) is 5. The number of hydrogen-bond donors (Lipinski definition) is 1. The van der Waals surface area contributed by atoms with Crippen LogP contribution in [0.1, 0.15) is 44.2 Å². The van der Waals surface area contributed by atoms with Crippen molar-refractivity contribution in [1.82, 2.24) is 10.2 Å². The Bertz CT molecular complexity index is 1010. The molecule has 0 heterocycles. The molecule has 2 amide bonds. The molecule has 1 aliphatic rings. The van der Waals surface area contributed by atoms with Gasteiger partial charge in [0.2, 0.25) is 0 Å². The molecule has 39 heavy (non-hydrogen) atoms. The summed E-state index contributed by atoms with van der Waals surface area (Å²) in [5, 5.41) is 2.79. The van der Waals surface area contributed by atoms with E-state index in [1.54, 1.807) is 7.05 Å². The number of fused-ring (bicyclic) bond motifs is 3. The summed E-state index contributed by atoms with van der Waals surface area (Å²) in [5.41, 5.74) is 4.29. The molecule has 0 saturated heterocycles. The Kier molecular flexibility index (Phi) is 12.0. The summed E-state index contributed by atoms with van der Waals surface area (Å²) in [6.45, 7) is 9.46. The number of benzene rings is 2. The molecular weight excluding hydrogens is 500 g/mol. The molecule has 2 aromatic rings. The molecule has 0 atom stereocenters. The summed E-state index contributed by atoms with van der Waals surface area (Å²) in [7, 11) is 1.68. The minimum Gasteiger partial charge on any atom is -0.449 e. The molecule has 0 bridgehead atoms. The molecular formula is C30H42N2O7. The molecule has 0 aliphatic heterocycles. The van der Waals surface area contributed by atoms with Crippen LogP contribution in [-0.4, -0.2) is 89.1 Å². The van der Waals surface area contributed by atoms with E-state index in [9.17, 15) is 9.59 Å². The number of carbonyl (C=O) groups excluding carboxylic acids is 2. The fourth-order valence-electron chi connectivity index (χ4n) is 4.19. The maximum Gasteiger partial charge on any atom is 0.410 e. The molecule has 0 unspecified atom stereocenters. The van der Waals surface area contributed by atoms with Gasteiger partial charge in [0.1, 0.15) is 12.2 Å². The van der Waals surface area contributed by atoms with Crippen LogP contribution >= 0.6 is 0 Å². The average molecular weight is 543 g/mol. The Labute approximate surface area is 231 Å². The molecule has 9 nitrogen and oxygen atoms in total. The lowest BCUT2D eigenvalue weighted by Gasteiger charge is -2.24. The molecule has 1 aliphatic carbocycles.